The van der Waals surface area contributed by atoms with E-state index in [1.807, 2.05) is 0 Å². The molecule has 0 aliphatic heterocycles. The highest BCUT2D eigenvalue weighted by atomic mass is 35.5. The second kappa shape index (κ2) is 6.03. The molecule has 6 heteroatoms. The van der Waals surface area contributed by atoms with Gasteiger partial charge in [-0.05, 0) is 18.2 Å². The van der Waals surface area contributed by atoms with Crippen LogP contribution in [0.5, 0.6) is 0 Å². The van der Waals surface area contributed by atoms with Crippen LogP contribution in [0.1, 0.15) is 16.8 Å². The third kappa shape index (κ3) is 4.35. The summed E-state index contributed by atoms with van der Waals surface area (Å²) in [6, 6.07) is 4.65. The fourth-order valence-electron chi connectivity index (χ4n) is 1.09. The van der Waals surface area contributed by atoms with Crippen molar-refractivity contribution in [2.75, 3.05) is 6.54 Å². The van der Waals surface area contributed by atoms with Crippen molar-refractivity contribution >= 4 is 46.3 Å². The van der Waals surface area contributed by atoms with Crippen LogP contribution in [-0.2, 0) is 0 Å². The van der Waals surface area contributed by atoms with E-state index in [0.29, 0.717) is 33.6 Å². The second-order valence-electron chi connectivity index (χ2n) is 3.13. The van der Waals surface area contributed by atoms with Crippen LogP contribution in [0.25, 0.3) is 0 Å². The second-order valence-corrected chi connectivity index (χ2v) is 4.53. The number of halogens is 2. The van der Waals surface area contributed by atoms with Crippen LogP contribution in [-0.4, -0.2) is 17.4 Å². The van der Waals surface area contributed by atoms with E-state index in [0.717, 1.165) is 0 Å². The average molecular weight is 277 g/mol. The maximum absolute atomic E-state index is 11.6. The molecular weight excluding hydrogens is 267 g/mol. The number of amides is 1. The van der Waals surface area contributed by atoms with Gasteiger partial charge in [-0.2, -0.15) is 0 Å². The van der Waals surface area contributed by atoms with E-state index in [-0.39, 0.29) is 5.91 Å². The summed E-state index contributed by atoms with van der Waals surface area (Å²) in [5.74, 6) is -0.249. The Morgan fingerprint density at radius 2 is 1.88 bits per heavy atom. The van der Waals surface area contributed by atoms with E-state index in [2.05, 4.69) is 5.32 Å². The molecule has 0 saturated heterocycles. The van der Waals surface area contributed by atoms with E-state index >= 15 is 0 Å². The van der Waals surface area contributed by atoms with Crippen molar-refractivity contribution in [2.24, 2.45) is 5.73 Å². The Balaban J connectivity index is 2.62. The molecule has 3 N–H and O–H groups in total. The van der Waals surface area contributed by atoms with Crippen LogP contribution < -0.4 is 11.1 Å². The number of hydrogen-bond acceptors (Lipinski definition) is 2. The van der Waals surface area contributed by atoms with Gasteiger partial charge in [-0.1, -0.05) is 35.4 Å². The minimum Gasteiger partial charge on any atom is -0.393 e. The first-order valence-corrected chi connectivity index (χ1v) is 5.68. The van der Waals surface area contributed by atoms with Crippen LogP contribution in [0.3, 0.4) is 0 Å². The number of benzene rings is 1. The Labute approximate surface area is 109 Å². The molecule has 0 atom stereocenters. The molecule has 0 aliphatic carbocycles. The highest BCUT2D eigenvalue weighted by Gasteiger charge is 2.07. The van der Waals surface area contributed by atoms with Crippen LogP contribution >= 0.6 is 35.4 Å². The molecule has 1 aromatic rings. The number of nitrogens with one attached hydrogen (secondary N) is 1. The van der Waals surface area contributed by atoms with Crippen molar-refractivity contribution in [1.82, 2.24) is 5.32 Å². The van der Waals surface area contributed by atoms with Crippen molar-refractivity contribution in [3.63, 3.8) is 0 Å². The normalized spacial score (nSPS) is 9.88. The zero-order valence-electron chi connectivity index (χ0n) is 8.30. The van der Waals surface area contributed by atoms with Gasteiger partial charge in [-0.25, -0.2) is 0 Å². The highest BCUT2D eigenvalue weighted by molar-refractivity contribution is 7.80. The number of rotatable bonds is 4. The van der Waals surface area contributed by atoms with Crippen molar-refractivity contribution in [3.05, 3.63) is 33.8 Å². The molecule has 16 heavy (non-hydrogen) atoms. The molecular formula is C10H10Cl2N2OS. The van der Waals surface area contributed by atoms with Crippen molar-refractivity contribution in [2.45, 2.75) is 6.42 Å². The predicted octanol–water partition coefficient (Wildman–Crippen LogP) is 2.40. The standard InChI is InChI=1S/C10H10Cl2N2OS/c11-7-3-6(4-8(12)5-7)10(15)14-2-1-9(13)16/h3-5H,1-2H2,(H2,13,16)(H,14,15). The maximum Gasteiger partial charge on any atom is 0.251 e. The van der Waals surface area contributed by atoms with E-state index in [9.17, 15) is 4.79 Å². The molecule has 0 saturated carbocycles. The van der Waals surface area contributed by atoms with Crippen molar-refractivity contribution in [1.29, 1.82) is 0 Å². The van der Waals surface area contributed by atoms with Gasteiger partial charge in [0.25, 0.3) is 5.91 Å². The molecule has 1 rings (SSSR count). The predicted molar refractivity (Wildman–Crippen MR) is 70.2 cm³/mol. The van der Waals surface area contributed by atoms with Gasteiger partial charge in [0.05, 0.1) is 4.99 Å². The van der Waals surface area contributed by atoms with Gasteiger partial charge in [0, 0.05) is 28.6 Å². The van der Waals surface area contributed by atoms with Gasteiger partial charge in [0.1, 0.15) is 0 Å². The third-order valence-electron chi connectivity index (χ3n) is 1.78. The molecule has 0 aromatic heterocycles. The number of carbonyl (C=O) groups excluding carboxylic acids is 1. The van der Waals surface area contributed by atoms with Crippen LogP contribution in [0.15, 0.2) is 18.2 Å². The molecule has 1 amide bonds. The molecule has 1 aromatic carbocycles. The summed E-state index contributed by atoms with van der Waals surface area (Å²) in [6.07, 6.45) is 0.468. The minimum absolute atomic E-state index is 0.249. The number of carbonyl (C=O) groups is 1. The lowest BCUT2D eigenvalue weighted by molar-refractivity contribution is 0.0955. The summed E-state index contributed by atoms with van der Waals surface area (Å²) in [5, 5.41) is 3.51. The lowest BCUT2D eigenvalue weighted by Crippen LogP contribution is -2.27. The molecule has 0 unspecified atom stereocenters. The molecule has 0 heterocycles. The molecule has 0 spiro atoms. The van der Waals surface area contributed by atoms with Gasteiger partial charge < -0.3 is 11.1 Å². The summed E-state index contributed by atoms with van der Waals surface area (Å²) >= 11 is 16.2. The fraction of sp³-hybridized carbons (Fsp3) is 0.200. The van der Waals surface area contributed by atoms with Crippen molar-refractivity contribution in [3.8, 4) is 0 Å². The molecule has 0 fully saturated rings. The summed E-state index contributed by atoms with van der Waals surface area (Å²) < 4.78 is 0. The Bertz CT molecular complexity index is 403. The maximum atomic E-state index is 11.6. The van der Waals surface area contributed by atoms with E-state index in [1.54, 1.807) is 18.2 Å². The number of thiocarbonyl (C=S) groups is 1. The third-order valence-corrected chi connectivity index (χ3v) is 2.42. The van der Waals surface area contributed by atoms with Crippen LogP contribution in [0, 0.1) is 0 Å². The quantitative estimate of drug-likeness (QED) is 0.831. The first-order chi connectivity index (χ1) is 7.49. The number of hydrogen-bond donors (Lipinski definition) is 2. The Morgan fingerprint density at radius 1 is 1.31 bits per heavy atom. The summed E-state index contributed by atoms with van der Waals surface area (Å²) in [4.78, 5) is 12.0. The van der Waals surface area contributed by atoms with E-state index < -0.39 is 0 Å². The topological polar surface area (TPSA) is 55.1 Å². The highest BCUT2D eigenvalue weighted by Crippen LogP contribution is 2.18. The average Bonchev–Trinajstić information content (AvgIpc) is 2.15. The number of nitrogens with two attached hydrogens (primary N) is 1. The molecule has 0 bridgehead atoms. The van der Waals surface area contributed by atoms with E-state index in [4.69, 9.17) is 41.2 Å². The summed E-state index contributed by atoms with van der Waals surface area (Å²) in [6.45, 7) is 0.401. The van der Waals surface area contributed by atoms with Crippen molar-refractivity contribution < 1.29 is 4.79 Å². The fourth-order valence-corrected chi connectivity index (χ4v) is 1.71. The SMILES string of the molecule is NC(=S)CCNC(=O)c1cc(Cl)cc(Cl)c1. The van der Waals surface area contributed by atoms with Gasteiger partial charge in [-0.15, -0.1) is 0 Å². The Kier molecular flexibility index (Phi) is 4.99. The van der Waals surface area contributed by atoms with Crippen LogP contribution in [0.2, 0.25) is 10.0 Å². The first-order valence-electron chi connectivity index (χ1n) is 4.51. The molecule has 86 valence electrons. The van der Waals surface area contributed by atoms with Gasteiger partial charge >= 0.3 is 0 Å². The summed E-state index contributed by atoms with van der Waals surface area (Å²) in [7, 11) is 0. The Morgan fingerprint density at radius 3 is 2.38 bits per heavy atom. The van der Waals surface area contributed by atoms with Gasteiger partial charge in [0.2, 0.25) is 0 Å². The lowest BCUT2D eigenvalue weighted by atomic mass is 10.2. The van der Waals surface area contributed by atoms with E-state index in [1.165, 1.54) is 0 Å². The zero-order valence-corrected chi connectivity index (χ0v) is 10.6. The molecule has 3 nitrogen and oxygen atoms in total. The summed E-state index contributed by atoms with van der Waals surface area (Å²) in [5.41, 5.74) is 5.72. The van der Waals surface area contributed by atoms with Crippen LogP contribution in [0.4, 0.5) is 0 Å². The largest absolute Gasteiger partial charge is 0.393 e. The van der Waals surface area contributed by atoms with Gasteiger partial charge in [-0.3, -0.25) is 4.79 Å². The van der Waals surface area contributed by atoms with Gasteiger partial charge in [0.15, 0.2) is 0 Å². The molecule has 0 radical (unpaired) electrons. The minimum atomic E-state index is -0.249. The zero-order chi connectivity index (χ0) is 12.1. The Hall–Kier alpha value is -0.840. The lowest BCUT2D eigenvalue weighted by Gasteiger charge is -2.05. The smallest absolute Gasteiger partial charge is 0.251 e. The molecule has 0 aliphatic rings. The first kappa shape index (κ1) is 13.2. The monoisotopic (exact) mass is 276 g/mol.